The van der Waals surface area contributed by atoms with E-state index in [1.807, 2.05) is 6.92 Å². The molecule has 42 heavy (non-hydrogen) atoms. The number of ether oxygens (including phenoxy) is 3. The summed E-state index contributed by atoms with van der Waals surface area (Å²) in [6, 6.07) is 15.0. The van der Waals surface area contributed by atoms with Gasteiger partial charge in [0, 0.05) is 19.2 Å². The Hall–Kier alpha value is -4.32. The number of nitrogens with zero attached hydrogens (tertiary/aromatic N) is 2. The number of likely N-dealkylation sites (N-methyl/N-ethyl adjacent to an activating group) is 1. The second-order valence-corrected chi connectivity index (χ2v) is 11.0. The van der Waals surface area contributed by atoms with Crippen LogP contribution in [-0.2, 0) is 26.2 Å². The standard InChI is InChI=1S/C30H36FN3O7S/c1-6-32-30(36)21(3)33(19-22-8-10-23(31)11-9-22)29(35)20-34(24-12-14-25(15-13-24)41-7-2)42(37,38)26-16-17-27(39-4)28(18-26)40-5/h8-18,21H,6-7,19-20H2,1-5H3,(H,32,36)/t21-/m1/s1. The van der Waals surface area contributed by atoms with Crippen LogP contribution in [-0.4, -0.2) is 65.1 Å². The molecule has 0 fully saturated rings. The zero-order valence-electron chi connectivity index (χ0n) is 24.3. The monoisotopic (exact) mass is 601 g/mol. The molecule has 0 heterocycles. The highest BCUT2D eigenvalue weighted by molar-refractivity contribution is 7.92. The van der Waals surface area contributed by atoms with Gasteiger partial charge >= 0.3 is 0 Å². The van der Waals surface area contributed by atoms with Gasteiger partial charge in [-0.3, -0.25) is 13.9 Å². The van der Waals surface area contributed by atoms with Crippen molar-refractivity contribution in [1.82, 2.24) is 10.2 Å². The summed E-state index contributed by atoms with van der Waals surface area (Å²) in [6.45, 7) is 5.21. The van der Waals surface area contributed by atoms with Gasteiger partial charge in [0.25, 0.3) is 10.0 Å². The third-order valence-electron chi connectivity index (χ3n) is 6.44. The minimum absolute atomic E-state index is 0.0507. The van der Waals surface area contributed by atoms with E-state index in [0.29, 0.717) is 30.2 Å². The molecule has 0 saturated heterocycles. The molecular formula is C30H36FN3O7S. The average Bonchev–Trinajstić information content (AvgIpc) is 2.99. The third-order valence-corrected chi connectivity index (χ3v) is 8.21. The fourth-order valence-electron chi connectivity index (χ4n) is 4.20. The summed E-state index contributed by atoms with van der Waals surface area (Å²) in [4.78, 5) is 27.8. The number of hydrogen-bond acceptors (Lipinski definition) is 7. The lowest BCUT2D eigenvalue weighted by Gasteiger charge is -2.32. The van der Waals surface area contributed by atoms with Crippen molar-refractivity contribution in [3.05, 3.63) is 78.1 Å². The molecule has 1 atom stereocenters. The van der Waals surface area contributed by atoms with E-state index in [2.05, 4.69) is 5.32 Å². The van der Waals surface area contributed by atoms with Crippen molar-refractivity contribution in [2.24, 2.45) is 0 Å². The lowest BCUT2D eigenvalue weighted by Crippen LogP contribution is -2.51. The van der Waals surface area contributed by atoms with Crippen molar-refractivity contribution in [2.45, 2.75) is 38.3 Å². The summed E-state index contributed by atoms with van der Waals surface area (Å²) in [5.74, 6) is -0.449. The highest BCUT2D eigenvalue weighted by atomic mass is 32.2. The number of anilines is 1. The van der Waals surface area contributed by atoms with E-state index in [1.165, 1.54) is 73.7 Å². The van der Waals surface area contributed by atoms with Crippen LogP contribution in [0.25, 0.3) is 0 Å². The summed E-state index contributed by atoms with van der Waals surface area (Å²) < 4.78 is 58.7. The van der Waals surface area contributed by atoms with E-state index in [0.717, 1.165) is 4.31 Å². The fourth-order valence-corrected chi connectivity index (χ4v) is 5.63. The Morgan fingerprint density at radius 1 is 0.929 bits per heavy atom. The summed E-state index contributed by atoms with van der Waals surface area (Å²) in [5, 5.41) is 2.69. The molecule has 0 aromatic heterocycles. The van der Waals surface area contributed by atoms with Gasteiger partial charge in [0.15, 0.2) is 11.5 Å². The molecule has 0 aliphatic heterocycles. The maximum Gasteiger partial charge on any atom is 0.264 e. The van der Waals surface area contributed by atoms with Gasteiger partial charge in [-0.15, -0.1) is 0 Å². The summed E-state index contributed by atoms with van der Waals surface area (Å²) in [7, 11) is -1.52. The van der Waals surface area contributed by atoms with Crippen LogP contribution in [0.5, 0.6) is 17.2 Å². The number of halogens is 1. The number of nitrogens with one attached hydrogen (secondary N) is 1. The first-order valence-corrected chi connectivity index (χ1v) is 14.8. The highest BCUT2D eigenvalue weighted by Gasteiger charge is 2.33. The number of amides is 2. The van der Waals surface area contributed by atoms with E-state index in [1.54, 1.807) is 26.0 Å². The van der Waals surface area contributed by atoms with Crippen LogP contribution in [0.4, 0.5) is 10.1 Å². The molecule has 0 bridgehead atoms. The van der Waals surface area contributed by atoms with Crippen LogP contribution in [0, 0.1) is 5.82 Å². The molecule has 10 nitrogen and oxygen atoms in total. The average molecular weight is 602 g/mol. The zero-order chi connectivity index (χ0) is 30.9. The first kappa shape index (κ1) is 32.2. The van der Waals surface area contributed by atoms with Crippen LogP contribution < -0.4 is 23.8 Å². The van der Waals surface area contributed by atoms with Gasteiger partial charge < -0.3 is 24.4 Å². The molecule has 0 aliphatic rings. The number of carbonyl (C=O) groups is 2. The van der Waals surface area contributed by atoms with Crippen LogP contribution in [0.1, 0.15) is 26.3 Å². The quantitative estimate of drug-likeness (QED) is 0.297. The lowest BCUT2D eigenvalue weighted by molar-refractivity contribution is -0.139. The second kappa shape index (κ2) is 14.5. The van der Waals surface area contributed by atoms with E-state index in [9.17, 15) is 22.4 Å². The molecule has 12 heteroatoms. The molecule has 0 radical (unpaired) electrons. The number of benzene rings is 3. The Kier molecular flexibility index (Phi) is 11.1. The number of sulfonamides is 1. The van der Waals surface area contributed by atoms with Crippen molar-refractivity contribution in [1.29, 1.82) is 0 Å². The van der Waals surface area contributed by atoms with Crippen molar-refractivity contribution < 1.29 is 36.6 Å². The van der Waals surface area contributed by atoms with Gasteiger partial charge in [-0.05, 0) is 74.9 Å². The topological polar surface area (TPSA) is 114 Å². The molecule has 2 amide bonds. The third kappa shape index (κ3) is 7.69. The van der Waals surface area contributed by atoms with E-state index in [4.69, 9.17) is 14.2 Å². The van der Waals surface area contributed by atoms with Crippen LogP contribution in [0.15, 0.2) is 71.6 Å². The molecule has 226 valence electrons. The highest BCUT2D eigenvalue weighted by Crippen LogP contribution is 2.33. The van der Waals surface area contributed by atoms with Gasteiger partial charge in [-0.25, -0.2) is 12.8 Å². The number of carbonyl (C=O) groups excluding carboxylic acids is 2. The number of hydrogen-bond donors (Lipinski definition) is 1. The van der Waals surface area contributed by atoms with Crippen LogP contribution in [0.2, 0.25) is 0 Å². The Morgan fingerprint density at radius 2 is 1.57 bits per heavy atom. The Morgan fingerprint density at radius 3 is 2.14 bits per heavy atom. The van der Waals surface area contributed by atoms with Crippen LogP contribution in [0.3, 0.4) is 0 Å². The fraction of sp³-hybridized carbons (Fsp3) is 0.333. The number of rotatable bonds is 14. The zero-order valence-corrected chi connectivity index (χ0v) is 25.1. The summed E-state index contributed by atoms with van der Waals surface area (Å²) in [5.41, 5.74) is 0.769. The minimum Gasteiger partial charge on any atom is -0.494 e. The first-order valence-electron chi connectivity index (χ1n) is 13.3. The van der Waals surface area contributed by atoms with Crippen molar-refractivity contribution in [2.75, 3.05) is 38.2 Å². The Labute approximate surface area is 246 Å². The smallest absolute Gasteiger partial charge is 0.264 e. The van der Waals surface area contributed by atoms with Gasteiger partial charge in [-0.1, -0.05) is 12.1 Å². The molecule has 0 saturated carbocycles. The predicted octanol–water partition coefficient (Wildman–Crippen LogP) is 3.99. The van der Waals surface area contributed by atoms with Gasteiger partial charge in [0.1, 0.15) is 24.2 Å². The van der Waals surface area contributed by atoms with E-state index >= 15 is 0 Å². The normalized spacial score (nSPS) is 11.8. The van der Waals surface area contributed by atoms with Gasteiger partial charge in [0.05, 0.1) is 31.4 Å². The van der Waals surface area contributed by atoms with Crippen molar-refractivity contribution in [3.8, 4) is 17.2 Å². The van der Waals surface area contributed by atoms with Gasteiger partial charge in [0.2, 0.25) is 11.8 Å². The lowest BCUT2D eigenvalue weighted by atomic mass is 10.1. The van der Waals surface area contributed by atoms with Crippen molar-refractivity contribution in [3.63, 3.8) is 0 Å². The second-order valence-electron chi connectivity index (χ2n) is 9.17. The number of methoxy groups -OCH3 is 2. The molecule has 3 rings (SSSR count). The van der Waals surface area contributed by atoms with Crippen molar-refractivity contribution >= 4 is 27.5 Å². The Bertz CT molecular complexity index is 1470. The molecule has 1 N–H and O–H groups in total. The molecule has 0 spiro atoms. The first-order chi connectivity index (χ1) is 20.0. The molecule has 3 aromatic carbocycles. The summed E-state index contributed by atoms with van der Waals surface area (Å²) in [6.07, 6.45) is 0. The van der Waals surface area contributed by atoms with Crippen LogP contribution >= 0.6 is 0 Å². The van der Waals surface area contributed by atoms with E-state index in [-0.39, 0.29) is 22.9 Å². The maximum absolute atomic E-state index is 14.1. The maximum atomic E-state index is 14.1. The Balaban J connectivity index is 2.07. The molecule has 3 aromatic rings. The minimum atomic E-state index is -4.34. The largest absolute Gasteiger partial charge is 0.494 e. The molecule has 0 aliphatic carbocycles. The molecule has 0 unspecified atom stereocenters. The summed E-state index contributed by atoms with van der Waals surface area (Å²) >= 11 is 0. The van der Waals surface area contributed by atoms with Gasteiger partial charge in [-0.2, -0.15) is 0 Å². The SMILES string of the molecule is CCNC(=O)[C@@H](C)N(Cc1ccc(F)cc1)C(=O)CN(c1ccc(OCC)cc1)S(=O)(=O)c1ccc(OC)c(OC)c1. The predicted molar refractivity (Wildman–Crippen MR) is 157 cm³/mol. The molecular weight excluding hydrogens is 565 g/mol. The van der Waals surface area contributed by atoms with E-state index < -0.39 is 40.2 Å².